The molecule has 6 atom stereocenters. The summed E-state index contributed by atoms with van der Waals surface area (Å²) >= 11 is 12.6. The van der Waals surface area contributed by atoms with E-state index in [0.29, 0.717) is 45.6 Å². The van der Waals surface area contributed by atoms with Gasteiger partial charge < -0.3 is 9.84 Å². The highest BCUT2D eigenvalue weighted by atomic mass is 35.5. The van der Waals surface area contributed by atoms with Crippen molar-refractivity contribution in [2.75, 3.05) is 12.0 Å². The number of carbonyl (C=O) groups excluding carboxylic acids is 4. The number of hydrazine groups is 1. The summed E-state index contributed by atoms with van der Waals surface area (Å²) in [5.74, 6) is -7.02. The molecule has 4 aromatic rings. The Balaban J connectivity index is 1.29. The maximum atomic E-state index is 15.4. The molecule has 8 rings (SSSR count). The molecule has 0 radical (unpaired) electrons. The molecule has 3 fully saturated rings. The van der Waals surface area contributed by atoms with Crippen molar-refractivity contribution in [3.8, 4) is 11.5 Å². The van der Waals surface area contributed by atoms with Crippen LogP contribution >= 0.6 is 23.2 Å². The molecule has 3 heterocycles. The number of benzene rings is 3. The predicted molar refractivity (Wildman–Crippen MR) is 203 cm³/mol. The summed E-state index contributed by atoms with van der Waals surface area (Å²) in [5.41, 5.74) is 1.79. The Labute approximate surface area is 335 Å². The molecule has 10 nitrogen and oxygen atoms in total. The third-order valence-corrected chi connectivity index (χ3v) is 12.2. The van der Waals surface area contributed by atoms with Crippen LogP contribution in [0.1, 0.15) is 54.4 Å². The number of nitrogens with one attached hydrogen (secondary N) is 1. The summed E-state index contributed by atoms with van der Waals surface area (Å²) in [4.78, 5) is 63.1. The smallest absolute Gasteiger partial charge is 0.417 e. The lowest BCUT2D eigenvalue weighted by Gasteiger charge is -2.50. The Bertz CT molecular complexity index is 2320. The van der Waals surface area contributed by atoms with Crippen molar-refractivity contribution in [2.24, 2.45) is 23.7 Å². The van der Waals surface area contributed by atoms with Crippen LogP contribution in [0.2, 0.25) is 10.0 Å². The first-order valence-corrected chi connectivity index (χ1v) is 19.2. The predicted octanol–water partition coefficient (Wildman–Crippen LogP) is 8.09. The second kappa shape index (κ2) is 14.5. The molecular formula is C42H35Cl2F3N4O6. The summed E-state index contributed by atoms with van der Waals surface area (Å²) in [6, 6.07) is 21.1. The molecular weight excluding hydrogens is 784 g/mol. The van der Waals surface area contributed by atoms with E-state index in [4.69, 9.17) is 27.9 Å². The molecule has 2 saturated heterocycles. The Morgan fingerprint density at radius 3 is 2.35 bits per heavy atom. The fourth-order valence-electron chi connectivity index (χ4n) is 9.23. The van der Waals surface area contributed by atoms with E-state index in [9.17, 15) is 32.7 Å². The molecule has 4 aliphatic rings. The highest BCUT2D eigenvalue weighted by Crippen LogP contribution is 2.65. The van der Waals surface area contributed by atoms with Gasteiger partial charge in [0, 0.05) is 35.3 Å². The van der Waals surface area contributed by atoms with Crippen LogP contribution in [-0.2, 0) is 37.4 Å². The zero-order chi connectivity index (χ0) is 40.4. The minimum atomic E-state index is -4.76. The second-order valence-electron chi connectivity index (χ2n) is 14.7. The first-order valence-electron chi connectivity index (χ1n) is 18.4. The Kier molecular flexibility index (Phi) is 9.80. The number of imide groups is 2. The standard InChI is InChI=1S/C42H35Cl2F3N4O6/c1-2-16-50-37(53)29-15-14-27-30(34(29)39(50)55)19-31-38(54)51(49-36-32(44)17-24(20-48-36)42(45,46)47)40(56)41(31,23-8-10-25(43)11-9-23)35(27)28-13-12-26(18-33(28)52)57-21-22-6-4-3-5-7-22/h3-14,17-18,20,29-31,34-35,52H,2,15-16,19,21H2,1H3,(H,48,49). The molecule has 1 saturated carbocycles. The fourth-order valence-corrected chi connectivity index (χ4v) is 9.57. The number of hydrogen-bond acceptors (Lipinski definition) is 8. The van der Waals surface area contributed by atoms with Crippen LogP contribution < -0.4 is 10.2 Å². The van der Waals surface area contributed by atoms with E-state index in [1.165, 1.54) is 11.0 Å². The average molecular weight is 820 g/mol. The number of phenols is 1. The Hall–Kier alpha value is -5.40. The monoisotopic (exact) mass is 818 g/mol. The van der Waals surface area contributed by atoms with Gasteiger partial charge in [0.2, 0.25) is 11.8 Å². The number of allylic oxidation sites excluding steroid dienone is 2. The topological polar surface area (TPSA) is 129 Å². The van der Waals surface area contributed by atoms with Gasteiger partial charge in [-0.2, -0.15) is 18.2 Å². The summed E-state index contributed by atoms with van der Waals surface area (Å²) in [6.07, 6.45) is -1.67. The van der Waals surface area contributed by atoms with Crippen LogP contribution in [0.25, 0.3) is 0 Å². The molecule has 2 aliphatic heterocycles. The highest BCUT2D eigenvalue weighted by Gasteiger charge is 2.70. The summed E-state index contributed by atoms with van der Waals surface area (Å²) < 4.78 is 46.5. The molecule has 2 aliphatic carbocycles. The normalized spacial score (nSPS) is 25.6. The lowest BCUT2D eigenvalue weighted by Crippen LogP contribution is -2.53. The van der Waals surface area contributed by atoms with Gasteiger partial charge in [0.05, 0.1) is 33.8 Å². The van der Waals surface area contributed by atoms with Gasteiger partial charge in [-0.25, -0.2) is 4.98 Å². The van der Waals surface area contributed by atoms with Crippen LogP contribution in [-0.4, -0.2) is 50.2 Å². The number of aromatic nitrogens is 1. The first-order chi connectivity index (χ1) is 27.2. The highest BCUT2D eigenvalue weighted by molar-refractivity contribution is 6.33. The number of halogens is 5. The lowest BCUT2D eigenvalue weighted by molar-refractivity contribution is -0.141. The van der Waals surface area contributed by atoms with Crippen molar-refractivity contribution in [2.45, 2.75) is 50.3 Å². The fraction of sp³-hybridized carbons (Fsp3) is 0.310. The van der Waals surface area contributed by atoms with Crippen LogP contribution in [0, 0.1) is 23.7 Å². The van der Waals surface area contributed by atoms with Gasteiger partial charge in [0.25, 0.3) is 11.8 Å². The number of rotatable bonds is 9. The number of alkyl halides is 3. The summed E-state index contributed by atoms with van der Waals surface area (Å²) in [6.45, 7) is 2.30. The number of pyridine rings is 1. The van der Waals surface area contributed by atoms with Crippen LogP contribution in [0.3, 0.4) is 0 Å². The van der Waals surface area contributed by atoms with Gasteiger partial charge in [-0.3, -0.25) is 29.5 Å². The number of ether oxygens (including phenoxy) is 1. The van der Waals surface area contributed by atoms with Gasteiger partial charge in [-0.15, -0.1) is 0 Å². The number of carbonyl (C=O) groups is 4. The SMILES string of the molecule is CCCN1C(=O)C2CC=C3C(CC4C(=O)N(Nc5ncc(C(F)(F)F)cc5Cl)C(=O)C4(c4ccc(Cl)cc4)C3c3ccc(OCc4ccccc4)cc3O)C2C1=O. The first kappa shape index (κ1) is 38.5. The maximum Gasteiger partial charge on any atom is 0.417 e. The van der Waals surface area contributed by atoms with Crippen molar-refractivity contribution in [3.63, 3.8) is 0 Å². The van der Waals surface area contributed by atoms with E-state index in [0.717, 1.165) is 5.56 Å². The minimum absolute atomic E-state index is 0.0406. The largest absolute Gasteiger partial charge is 0.508 e. The van der Waals surface area contributed by atoms with Crippen molar-refractivity contribution < 1.29 is 42.2 Å². The number of anilines is 1. The van der Waals surface area contributed by atoms with Crippen LogP contribution in [0.5, 0.6) is 11.5 Å². The second-order valence-corrected chi connectivity index (χ2v) is 15.6. The molecule has 2 N–H and O–H groups in total. The van der Waals surface area contributed by atoms with E-state index >= 15 is 4.79 Å². The lowest BCUT2D eigenvalue weighted by atomic mass is 9.49. The zero-order valence-electron chi connectivity index (χ0n) is 30.3. The number of amides is 4. The number of aromatic hydroxyl groups is 1. The molecule has 3 aromatic carbocycles. The molecule has 57 heavy (non-hydrogen) atoms. The van der Waals surface area contributed by atoms with Crippen molar-refractivity contribution >= 4 is 52.6 Å². The van der Waals surface area contributed by atoms with Crippen LogP contribution in [0.4, 0.5) is 19.0 Å². The number of phenolic OH excluding ortho intramolecular Hbond substituents is 1. The van der Waals surface area contributed by atoms with Gasteiger partial charge >= 0.3 is 6.18 Å². The number of likely N-dealkylation sites (tertiary alicyclic amines) is 1. The van der Waals surface area contributed by atoms with Crippen molar-refractivity contribution in [1.82, 2.24) is 14.9 Å². The quantitative estimate of drug-likeness (QED) is 0.128. The van der Waals surface area contributed by atoms with Crippen LogP contribution in [0.15, 0.2) is 96.7 Å². The molecule has 294 valence electrons. The van der Waals surface area contributed by atoms with Gasteiger partial charge in [-0.1, -0.05) is 90.3 Å². The third-order valence-electron chi connectivity index (χ3n) is 11.7. The van der Waals surface area contributed by atoms with E-state index in [1.807, 2.05) is 43.3 Å². The minimum Gasteiger partial charge on any atom is -0.508 e. The van der Waals surface area contributed by atoms with Gasteiger partial charge in [0.1, 0.15) is 18.1 Å². The van der Waals surface area contributed by atoms with Gasteiger partial charge in [-0.05, 0) is 60.6 Å². The Morgan fingerprint density at radius 1 is 0.947 bits per heavy atom. The van der Waals surface area contributed by atoms with E-state index in [1.54, 1.807) is 36.4 Å². The van der Waals surface area contributed by atoms with E-state index in [2.05, 4.69) is 10.4 Å². The summed E-state index contributed by atoms with van der Waals surface area (Å²) in [7, 11) is 0. The van der Waals surface area contributed by atoms with Gasteiger partial charge in [0.15, 0.2) is 5.82 Å². The third kappa shape index (κ3) is 6.31. The molecule has 1 aromatic heterocycles. The number of nitrogens with zero attached hydrogens (tertiary/aromatic N) is 3. The number of hydrogen-bond donors (Lipinski definition) is 2. The number of fused-ring (bicyclic) bond motifs is 4. The van der Waals surface area contributed by atoms with E-state index in [-0.39, 0.29) is 54.9 Å². The zero-order valence-corrected chi connectivity index (χ0v) is 31.8. The molecule has 0 spiro atoms. The van der Waals surface area contributed by atoms with Crippen molar-refractivity contribution in [1.29, 1.82) is 0 Å². The average Bonchev–Trinajstić information content (AvgIpc) is 3.55. The molecule has 6 unspecified atom stereocenters. The van der Waals surface area contributed by atoms with Crippen molar-refractivity contribution in [3.05, 3.63) is 129 Å². The summed E-state index contributed by atoms with van der Waals surface area (Å²) in [5, 5.41) is 12.5. The molecule has 0 bridgehead atoms. The molecule has 4 amide bonds. The molecule has 15 heteroatoms. The van der Waals surface area contributed by atoms with E-state index < -0.39 is 63.6 Å². The maximum absolute atomic E-state index is 15.4. The Morgan fingerprint density at radius 2 is 1.68 bits per heavy atom.